The molecule has 0 spiro atoms. The molecule has 1 amide bonds. The molecule has 5 heteroatoms. The van der Waals surface area contributed by atoms with Crippen molar-refractivity contribution in [1.29, 1.82) is 0 Å². The second-order valence-electron chi connectivity index (χ2n) is 5.01. The van der Waals surface area contributed by atoms with Gasteiger partial charge in [-0.1, -0.05) is 18.2 Å². The number of rotatable bonds is 4. The molecule has 0 radical (unpaired) electrons. The van der Waals surface area contributed by atoms with Gasteiger partial charge in [-0.15, -0.1) is 0 Å². The number of nitrogens with zero attached hydrogens (tertiary/aromatic N) is 2. The molecule has 0 aliphatic rings. The molecule has 1 aromatic carbocycles. The number of pyridine rings is 2. The van der Waals surface area contributed by atoms with Crippen LogP contribution in [0.4, 0.5) is 4.39 Å². The smallest absolute Gasteiger partial charge is 0.253 e. The number of nitrogens with one attached hydrogen (secondary N) is 1. The van der Waals surface area contributed by atoms with Crippen LogP contribution in [-0.2, 0) is 6.54 Å². The molecule has 23 heavy (non-hydrogen) atoms. The molecule has 0 saturated carbocycles. The van der Waals surface area contributed by atoms with E-state index in [4.69, 9.17) is 0 Å². The molecule has 3 rings (SSSR count). The third-order valence-corrected chi connectivity index (χ3v) is 3.36. The topological polar surface area (TPSA) is 54.9 Å². The summed E-state index contributed by atoms with van der Waals surface area (Å²) in [5.41, 5.74) is 3.02. The van der Waals surface area contributed by atoms with Crippen molar-refractivity contribution in [1.82, 2.24) is 15.3 Å². The van der Waals surface area contributed by atoms with Crippen LogP contribution in [0.25, 0.3) is 11.1 Å². The number of carbonyl (C=O) groups excluding carboxylic acids is 1. The predicted molar refractivity (Wildman–Crippen MR) is 85.0 cm³/mol. The lowest BCUT2D eigenvalue weighted by Gasteiger charge is -2.07. The zero-order valence-corrected chi connectivity index (χ0v) is 12.2. The Kier molecular flexibility index (Phi) is 4.38. The van der Waals surface area contributed by atoms with Gasteiger partial charge in [-0.05, 0) is 29.8 Å². The summed E-state index contributed by atoms with van der Waals surface area (Å²) in [5.74, 6) is -0.527. The van der Waals surface area contributed by atoms with Crippen LogP contribution in [0, 0.1) is 5.82 Å². The second-order valence-corrected chi connectivity index (χ2v) is 5.01. The van der Waals surface area contributed by atoms with Gasteiger partial charge in [-0.2, -0.15) is 0 Å². The fourth-order valence-electron chi connectivity index (χ4n) is 2.14. The summed E-state index contributed by atoms with van der Waals surface area (Å²) in [6, 6.07) is 11.5. The standard InChI is InChI=1S/C18H14FN3O/c19-17-5-3-13(4-6-17)9-22-18(23)16-8-15(11-21-12-16)14-2-1-7-20-10-14/h1-8,10-12H,9H2,(H,22,23). The van der Waals surface area contributed by atoms with E-state index in [0.717, 1.165) is 16.7 Å². The summed E-state index contributed by atoms with van der Waals surface area (Å²) in [5, 5.41) is 2.80. The lowest BCUT2D eigenvalue weighted by Crippen LogP contribution is -2.22. The van der Waals surface area contributed by atoms with Gasteiger partial charge in [0, 0.05) is 42.5 Å². The van der Waals surface area contributed by atoms with Gasteiger partial charge in [0.15, 0.2) is 0 Å². The molecule has 1 N–H and O–H groups in total. The lowest BCUT2D eigenvalue weighted by molar-refractivity contribution is 0.0950. The first-order chi connectivity index (χ1) is 11.2. The summed E-state index contributed by atoms with van der Waals surface area (Å²) in [6.45, 7) is 0.330. The van der Waals surface area contributed by atoms with Crippen molar-refractivity contribution < 1.29 is 9.18 Å². The van der Waals surface area contributed by atoms with Gasteiger partial charge in [0.1, 0.15) is 5.82 Å². The maximum atomic E-state index is 12.9. The highest BCUT2D eigenvalue weighted by Crippen LogP contribution is 2.17. The Labute approximate surface area is 133 Å². The van der Waals surface area contributed by atoms with Crippen molar-refractivity contribution in [2.24, 2.45) is 0 Å². The molecule has 0 atom stereocenters. The normalized spacial score (nSPS) is 10.3. The number of hydrogen-bond acceptors (Lipinski definition) is 3. The number of halogens is 1. The van der Waals surface area contributed by atoms with Crippen molar-refractivity contribution in [3.05, 3.63) is 84.2 Å². The highest BCUT2D eigenvalue weighted by atomic mass is 19.1. The van der Waals surface area contributed by atoms with Crippen LogP contribution in [0.1, 0.15) is 15.9 Å². The number of benzene rings is 1. The maximum absolute atomic E-state index is 12.9. The zero-order valence-electron chi connectivity index (χ0n) is 12.2. The van der Waals surface area contributed by atoms with Crippen molar-refractivity contribution in [2.75, 3.05) is 0 Å². The van der Waals surface area contributed by atoms with Gasteiger partial charge in [-0.25, -0.2) is 4.39 Å². The molecular formula is C18H14FN3O. The van der Waals surface area contributed by atoms with Gasteiger partial charge in [0.2, 0.25) is 0 Å². The minimum atomic E-state index is -0.298. The Morgan fingerprint density at radius 3 is 2.52 bits per heavy atom. The summed E-state index contributed by atoms with van der Waals surface area (Å²) < 4.78 is 12.9. The van der Waals surface area contributed by atoms with Crippen molar-refractivity contribution >= 4 is 5.91 Å². The minimum absolute atomic E-state index is 0.229. The zero-order chi connectivity index (χ0) is 16.1. The van der Waals surface area contributed by atoms with Crippen LogP contribution in [0.5, 0.6) is 0 Å². The Morgan fingerprint density at radius 2 is 1.78 bits per heavy atom. The Morgan fingerprint density at radius 1 is 1.00 bits per heavy atom. The number of amides is 1. The second kappa shape index (κ2) is 6.79. The number of hydrogen-bond donors (Lipinski definition) is 1. The number of aromatic nitrogens is 2. The first-order valence-corrected chi connectivity index (χ1v) is 7.10. The molecule has 3 aromatic rings. The average molecular weight is 307 g/mol. The van der Waals surface area contributed by atoms with Crippen LogP contribution in [0.3, 0.4) is 0 Å². The van der Waals surface area contributed by atoms with Crippen molar-refractivity contribution in [3.63, 3.8) is 0 Å². The SMILES string of the molecule is O=C(NCc1ccc(F)cc1)c1cncc(-c2cccnc2)c1. The molecule has 0 unspecified atom stereocenters. The summed E-state index contributed by atoms with van der Waals surface area (Å²) >= 11 is 0. The van der Waals surface area contributed by atoms with E-state index < -0.39 is 0 Å². The molecule has 0 aliphatic heterocycles. The Balaban J connectivity index is 1.71. The first-order valence-electron chi connectivity index (χ1n) is 7.10. The minimum Gasteiger partial charge on any atom is -0.348 e. The lowest BCUT2D eigenvalue weighted by atomic mass is 10.1. The van der Waals surface area contributed by atoms with Crippen molar-refractivity contribution in [3.8, 4) is 11.1 Å². The Hall–Kier alpha value is -3.08. The van der Waals surface area contributed by atoms with E-state index in [1.807, 2.05) is 12.1 Å². The molecule has 4 nitrogen and oxygen atoms in total. The maximum Gasteiger partial charge on any atom is 0.253 e. The summed E-state index contributed by atoms with van der Waals surface area (Å²) in [4.78, 5) is 20.4. The fraction of sp³-hybridized carbons (Fsp3) is 0.0556. The van der Waals surface area contributed by atoms with Crippen LogP contribution in [0.2, 0.25) is 0 Å². The first kappa shape index (κ1) is 14.8. The fourth-order valence-corrected chi connectivity index (χ4v) is 2.14. The molecule has 2 aromatic heterocycles. The van der Waals surface area contributed by atoms with Gasteiger partial charge < -0.3 is 5.32 Å². The van der Waals surface area contributed by atoms with Crippen LogP contribution >= 0.6 is 0 Å². The molecule has 0 aliphatic carbocycles. The van der Waals surface area contributed by atoms with E-state index >= 15 is 0 Å². The Bertz CT molecular complexity index is 804. The quantitative estimate of drug-likeness (QED) is 0.805. The van der Waals surface area contributed by atoms with E-state index in [1.165, 1.54) is 18.3 Å². The van der Waals surface area contributed by atoms with Gasteiger partial charge >= 0.3 is 0 Å². The number of carbonyl (C=O) groups is 1. The highest BCUT2D eigenvalue weighted by molar-refractivity contribution is 5.94. The largest absolute Gasteiger partial charge is 0.348 e. The monoisotopic (exact) mass is 307 g/mol. The molecule has 0 saturated heterocycles. The predicted octanol–water partition coefficient (Wildman–Crippen LogP) is 3.21. The van der Waals surface area contributed by atoms with E-state index in [1.54, 1.807) is 36.8 Å². The molecular weight excluding hydrogens is 293 g/mol. The van der Waals surface area contributed by atoms with E-state index in [0.29, 0.717) is 12.1 Å². The van der Waals surface area contributed by atoms with E-state index in [9.17, 15) is 9.18 Å². The molecule has 2 heterocycles. The van der Waals surface area contributed by atoms with Gasteiger partial charge in [0.05, 0.1) is 5.56 Å². The van der Waals surface area contributed by atoms with Crippen LogP contribution in [0.15, 0.2) is 67.3 Å². The van der Waals surface area contributed by atoms with Crippen LogP contribution < -0.4 is 5.32 Å². The van der Waals surface area contributed by atoms with E-state index in [2.05, 4.69) is 15.3 Å². The third kappa shape index (κ3) is 3.77. The van der Waals surface area contributed by atoms with Gasteiger partial charge in [0.25, 0.3) is 5.91 Å². The van der Waals surface area contributed by atoms with E-state index in [-0.39, 0.29) is 11.7 Å². The van der Waals surface area contributed by atoms with Crippen LogP contribution in [-0.4, -0.2) is 15.9 Å². The highest BCUT2D eigenvalue weighted by Gasteiger charge is 2.08. The molecule has 0 bridgehead atoms. The average Bonchev–Trinajstić information content (AvgIpc) is 2.62. The summed E-state index contributed by atoms with van der Waals surface area (Å²) in [7, 11) is 0. The third-order valence-electron chi connectivity index (χ3n) is 3.36. The van der Waals surface area contributed by atoms with Crippen molar-refractivity contribution in [2.45, 2.75) is 6.54 Å². The molecule has 0 fully saturated rings. The van der Waals surface area contributed by atoms with Gasteiger partial charge in [-0.3, -0.25) is 14.8 Å². The summed E-state index contributed by atoms with van der Waals surface area (Å²) in [6.07, 6.45) is 6.61. The molecule has 114 valence electrons.